The second kappa shape index (κ2) is 12.8. The number of fused-ring (bicyclic) bond motifs is 9. The van der Waals surface area contributed by atoms with Gasteiger partial charge in [0.15, 0.2) is 17.5 Å². The maximum absolute atomic E-state index is 8.91. The number of hydrogen-bond donors (Lipinski definition) is 0. The molecule has 0 fully saturated rings. The van der Waals surface area contributed by atoms with Crippen molar-refractivity contribution in [2.75, 3.05) is 0 Å². The molecule has 9 aromatic carbocycles. The zero-order chi connectivity index (χ0) is 42.5. The van der Waals surface area contributed by atoms with E-state index in [2.05, 4.69) is 108 Å². The molecule has 0 aliphatic heterocycles. The Labute approximate surface area is 340 Å². The van der Waals surface area contributed by atoms with Crippen molar-refractivity contribution in [3.05, 3.63) is 194 Å². The van der Waals surface area contributed by atoms with E-state index in [-0.39, 0.29) is 23.0 Å². The van der Waals surface area contributed by atoms with Gasteiger partial charge < -0.3 is 8.98 Å². The molecule has 0 atom stereocenters. The Morgan fingerprint density at radius 2 is 1.00 bits per heavy atom. The van der Waals surface area contributed by atoms with Gasteiger partial charge in [0.2, 0.25) is 0 Å². The third-order valence-electron chi connectivity index (χ3n) is 11.1. The molecular formula is C53H32N4O. The molecule has 5 heteroatoms. The average Bonchev–Trinajstić information content (AvgIpc) is 3.88. The summed E-state index contributed by atoms with van der Waals surface area (Å²) in [4.78, 5) is 14.9. The fraction of sp³-hybridized carbons (Fsp3) is 0. The van der Waals surface area contributed by atoms with Gasteiger partial charge in [0, 0.05) is 43.9 Å². The number of aromatic nitrogens is 4. The van der Waals surface area contributed by atoms with Gasteiger partial charge in [0.1, 0.15) is 11.2 Å². The smallest absolute Gasteiger partial charge is 0.167 e. The van der Waals surface area contributed by atoms with Crippen molar-refractivity contribution in [2.24, 2.45) is 0 Å². The van der Waals surface area contributed by atoms with Gasteiger partial charge >= 0.3 is 0 Å². The number of rotatable bonds is 5. The van der Waals surface area contributed by atoms with E-state index in [9.17, 15) is 0 Å². The maximum Gasteiger partial charge on any atom is 0.167 e. The van der Waals surface area contributed by atoms with Gasteiger partial charge in [-0.05, 0) is 57.4 Å². The van der Waals surface area contributed by atoms with Crippen LogP contribution in [0, 0.1) is 0 Å². The summed E-state index contributed by atoms with van der Waals surface area (Å²) in [5, 5.41) is 8.57. The molecule has 0 aliphatic carbocycles. The van der Waals surface area contributed by atoms with Crippen molar-refractivity contribution in [1.29, 1.82) is 0 Å². The summed E-state index contributed by atoms with van der Waals surface area (Å²) < 4.78 is 52.5. The lowest BCUT2D eigenvalue weighted by molar-refractivity contribution is 0.670. The first kappa shape index (κ1) is 27.7. The molecule has 3 heterocycles. The van der Waals surface area contributed by atoms with E-state index in [1.54, 1.807) is 0 Å². The molecule has 58 heavy (non-hydrogen) atoms. The van der Waals surface area contributed by atoms with Crippen molar-refractivity contribution in [1.82, 2.24) is 19.5 Å². The molecule has 0 saturated heterocycles. The van der Waals surface area contributed by atoms with Crippen LogP contribution >= 0.6 is 0 Å². The maximum atomic E-state index is 8.91. The van der Waals surface area contributed by atoms with E-state index in [1.165, 1.54) is 10.8 Å². The van der Waals surface area contributed by atoms with E-state index in [4.69, 9.17) is 26.2 Å². The molecule has 0 amide bonds. The van der Waals surface area contributed by atoms with Crippen LogP contribution in [0.4, 0.5) is 0 Å². The molecule has 0 unspecified atom stereocenters. The van der Waals surface area contributed by atoms with Crippen LogP contribution in [0.3, 0.4) is 0 Å². The molecule has 0 radical (unpaired) electrons. The summed E-state index contributed by atoms with van der Waals surface area (Å²) in [5.41, 5.74) is 7.11. The van der Waals surface area contributed by atoms with Gasteiger partial charge in [-0.2, -0.15) is 0 Å². The van der Waals surface area contributed by atoms with Crippen LogP contribution in [0.15, 0.2) is 198 Å². The Morgan fingerprint density at radius 1 is 0.397 bits per heavy atom. The topological polar surface area (TPSA) is 56.7 Å². The number of furan rings is 1. The van der Waals surface area contributed by atoms with Gasteiger partial charge in [-0.1, -0.05) is 164 Å². The van der Waals surface area contributed by atoms with Crippen molar-refractivity contribution in [3.63, 3.8) is 0 Å². The zero-order valence-electron chi connectivity index (χ0n) is 35.8. The molecule has 0 aliphatic rings. The van der Waals surface area contributed by atoms with Crippen molar-refractivity contribution < 1.29 is 11.3 Å². The third-order valence-corrected chi connectivity index (χ3v) is 11.1. The van der Waals surface area contributed by atoms with Gasteiger partial charge in [0.25, 0.3) is 0 Å². The minimum absolute atomic E-state index is 0.0496. The quantitative estimate of drug-likeness (QED) is 0.165. The monoisotopic (exact) mass is 745 g/mol. The molecule has 270 valence electrons. The van der Waals surface area contributed by atoms with E-state index >= 15 is 0 Å². The van der Waals surface area contributed by atoms with Gasteiger partial charge in [-0.15, -0.1) is 0 Å². The molecule has 0 spiro atoms. The van der Waals surface area contributed by atoms with E-state index < -0.39 is 30.2 Å². The second-order valence-corrected chi connectivity index (χ2v) is 14.4. The van der Waals surface area contributed by atoms with Gasteiger partial charge in [-0.3, -0.25) is 0 Å². The Bertz CT molecular complexity index is 3800. The molecular weight excluding hydrogens is 709 g/mol. The largest absolute Gasteiger partial charge is 0.455 e. The van der Waals surface area contributed by atoms with Crippen LogP contribution in [-0.4, -0.2) is 19.5 Å². The van der Waals surface area contributed by atoms with Crippen molar-refractivity contribution in [3.8, 4) is 51.0 Å². The number of hydrogen-bond acceptors (Lipinski definition) is 4. The Kier molecular flexibility index (Phi) is 6.12. The molecule has 5 nitrogen and oxygen atoms in total. The highest BCUT2D eigenvalue weighted by atomic mass is 16.3. The molecule has 12 rings (SSSR count). The highest BCUT2D eigenvalue weighted by molar-refractivity contribution is 6.16. The second-order valence-electron chi connectivity index (χ2n) is 14.4. The van der Waals surface area contributed by atoms with Gasteiger partial charge in [0.05, 0.1) is 23.5 Å². The molecule has 3 aromatic heterocycles. The normalized spacial score (nSPS) is 13.0. The number of benzene rings is 9. The first-order chi connectivity index (χ1) is 30.8. The zero-order valence-corrected chi connectivity index (χ0v) is 30.8. The van der Waals surface area contributed by atoms with Crippen molar-refractivity contribution >= 4 is 65.3 Å². The fourth-order valence-electron chi connectivity index (χ4n) is 8.46. The Morgan fingerprint density at radius 3 is 1.78 bits per heavy atom. The predicted molar refractivity (Wildman–Crippen MR) is 238 cm³/mol. The first-order valence-corrected chi connectivity index (χ1v) is 19.1. The van der Waals surface area contributed by atoms with E-state index in [1.807, 2.05) is 60.7 Å². The highest BCUT2D eigenvalue weighted by Crippen LogP contribution is 2.43. The van der Waals surface area contributed by atoms with Crippen LogP contribution < -0.4 is 0 Å². The highest BCUT2D eigenvalue weighted by Gasteiger charge is 2.23. The molecule has 0 saturated carbocycles. The van der Waals surface area contributed by atoms with Crippen LogP contribution in [0.5, 0.6) is 0 Å². The lowest BCUT2D eigenvalue weighted by Gasteiger charge is -2.12. The summed E-state index contributed by atoms with van der Waals surface area (Å²) in [6.07, 6.45) is 0. The molecule has 0 bridgehead atoms. The third kappa shape index (κ3) is 5.07. The van der Waals surface area contributed by atoms with E-state index in [0.29, 0.717) is 22.3 Å². The lowest BCUT2D eigenvalue weighted by atomic mass is 9.96. The Balaban J connectivity index is 1.19. The standard InChI is InChI=1S/C53H32N4O/c1-3-15-35(16-4-1)51-54-52(36-17-5-2-6-18-36)56-53(55-51)46-32-38(57-47-24-11-9-20-41(47)42-21-10-12-25-48(42)57)31-45-43-23-13-22-40(49(43)58-50(45)46)37-29-28-34-27-26-33-14-7-8-19-39(33)44(34)30-37/h1-32H/i1D,3D,4D,15D,16D. The fourth-order valence-corrected chi connectivity index (χ4v) is 8.46. The summed E-state index contributed by atoms with van der Waals surface area (Å²) in [6.45, 7) is 0. The first-order valence-electron chi connectivity index (χ1n) is 21.6. The van der Waals surface area contributed by atoms with Gasteiger partial charge in [-0.25, -0.2) is 15.0 Å². The van der Waals surface area contributed by atoms with Crippen LogP contribution in [0.1, 0.15) is 6.85 Å². The van der Waals surface area contributed by atoms with Crippen LogP contribution in [0.25, 0.3) is 116 Å². The molecule has 0 N–H and O–H groups in total. The average molecular weight is 746 g/mol. The number of nitrogens with zero attached hydrogens (tertiary/aromatic N) is 4. The summed E-state index contributed by atoms with van der Waals surface area (Å²) in [5.74, 6) is 0.445. The molecule has 12 aromatic rings. The summed E-state index contributed by atoms with van der Waals surface area (Å²) in [6, 6.07) is 53.4. The lowest BCUT2D eigenvalue weighted by Crippen LogP contribution is -2.01. The number of para-hydroxylation sites is 3. The minimum Gasteiger partial charge on any atom is -0.455 e. The summed E-state index contributed by atoms with van der Waals surface area (Å²) >= 11 is 0. The summed E-state index contributed by atoms with van der Waals surface area (Å²) in [7, 11) is 0. The predicted octanol–water partition coefficient (Wildman–Crippen LogP) is 13.8. The van der Waals surface area contributed by atoms with E-state index in [0.717, 1.165) is 60.2 Å². The van der Waals surface area contributed by atoms with Crippen molar-refractivity contribution in [2.45, 2.75) is 0 Å². The Hall–Kier alpha value is -7.89. The van der Waals surface area contributed by atoms with Crippen LogP contribution in [-0.2, 0) is 0 Å². The van der Waals surface area contributed by atoms with Crippen LogP contribution in [0.2, 0.25) is 0 Å². The SMILES string of the molecule is [2H]c1c([2H])c([2H])c(-c2nc(-c3ccccc3)nc(-c3cc(-n4c5ccccc5c5ccccc54)cc4c3oc3c(-c5ccc6ccc7ccccc7c6c5)cccc34)n2)c([2H])c1[2H]. The minimum atomic E-state index is -0.496.